The minimum atomic E-state index is -4.59. The van der Waals surface area contributed by atoms with Crippen LogP contribution in [0.5, 0.6) is 0 Å². The first-order valence-electron chi connectivity index (χ1n) is 12.4. The van der Waals surface area contributed by atoms with Crippen LogP contribution in [0.1, 0.15) is 42.8 Å². The van der Waals surface area contributed by atoms with Gasteiger partial charge in [-0.2, -0.15) is 26.3 Å². The van der Waals surface area contributed by atoms with Crippen molar-refractivity contribution in [1.82, 2.24) is 25.3 Å². The van der Waals surface area contributed by atoms with Gasteiger partial charge in [-0.05, 0) is 55.8 Å². The highest BCUT2D eigenvalue weighted by Gasteiger charge is 2.34. The first kappa shape index (κ1) is 26.8. The predicted molar refractivity (Wildman–Crippen MR) is 134 cm³/mol. The van der Waals surface area contributed by atoms with E-state index in [4.69, 9.17) is 0 Å². The maximum atomic E-state index is 13.7. The number of fused-ring (bicyclic) bond motifs is 1. The largest absolute Gasteiger partial charge is 0.433 e. The number of halogens is 6. The Hall–Kier alpha value is -3.80. The predicted octanol–water partition coefficient (Wildman–Crippen LogP) is 6.94. The average molecular weight is 547 g/mol. The number of hydrogen-bond acceptors (Lipinski definition) is 6. The number of alkyl halides is 6. The fraction of sp³-hybridized carbons (Fsp3) is 0.333. The topological polar surface area (TPSA) is 75.6 Å². The van der Waals surface area contributed by atoms with Crippen LogP contribution < -0.4 is 10.6 Å². The summed E-state index contributed by atoms with van der Waals surface area (Å²) in [4.78, 5) is 16.8. The third-order valence-corrected chi connectivity index (χ3v) is 6.54. The van der Waals surface area contributed by atoms with Gasteiger partial charge in [0, 0.05) is 29.6 Å². The van der Waals surface area contributed by atoms with Crippen LogP contribution in [-0.2, 0) is 18.8 Å². The molecule has 3 aromatic heterocycles. The molecule has 4 aromatic rings. The fourth-order valence-electron chi connectivity index (χ4n) is 4.64. The van der Waals surface area contributed by atoms with Gasteiger partial charge in [0.05, 0.1) is 28.7 Å². The molecule has 1 saturated heterocycles. The molecule has 0 aliphatic carbocycles. The summed E-state index contributed by atoms with van der Waals surface area (Å²) in [5.41, 5.74) is -1.23. The number of nitrogens with one attached hydrogen (secondary N) is 2. The van der Waals surface area contributed by atoms with Crippen LogP contribution in [0, 0.1) is 0 Å². The van der Waals surface area contributed by atoms with Gasteiger partial charge in [0.2, 0.25) is 0 Å². The molecule has 12 heteroatoms. The molecule has 5 rings (SSSR count). The van der Waals surface area contributed by atoms with Crippen LogP contribution in [0.3, 0.4) is 0 Å². The second kappa shape index (κ2) is 10.8. The van der Waals surface area contributed by atoms with E-state index in [2.05, 4.69) is 30.6 Å². The number of nitrogens with zero attached hydrogens (tertiary/aromatic N) is 4. The normalized spacial score (nSPS) is 16.7. The number of rotatable bonds is 5. The number of anilines is 2. The summed E-state index contributed by atoms with van der Waals surface area (Å²) in [7, 11) is 0. The number of hydrogen-bond donors (Lipinski definition) is 2. The molecular formula is C27H24F6N6. The summed E-state index contributed by atoms with van der Waals surface area (Å²) >= 11 is 0. The molecule has 1 aromatic carbocycles. The molecule has 39 heavy (non-hydrogen) atoms. The molecule has 1 fully saturated rings. The van der Waals surface area contributed by atoms with Crippen molar-refractivity contribution in [3.63, 3.8) is 0 Å². The number of benzene rings is 1. The summed E-state index contributed by atoms with van der Waals surface area (Å²) in [6.07, 6.45) is -2.17. The van der Waals surface area contributed by atoms with E-state index in [1.165, 1.54) is 30.5 Å². The summed E-state index contributed by atoms with van der Waals surface area (Å²) in [6, 6.07) is 9.02. The second-order valence-corrected chi connectivity index (χ2v) is 9.38. The first-order valence-corrected chi connectivity index (χ1v) is 12.4. The van der Waals surface area contributed by atoms with Crippen LogP contribution in [0.15, 0.2) is 54.9 Å². The maximum absolute atomic E-state index is 13.7. The lowest BCUT2D eigenvalue weighted by Gasteiger charge is -2.17. The Bertz CT molecular complexity index is 1440. The lowest BCUT2D eigenvalue weighted by molar-refractivity contribution is -0.141. The summed E-state index contributed by atoms with van der Waals surface area (Å²) < 4.78 is 79.8. The van der Waals surface area contributed by atoms with Crippen LogP contribution in [-0.4, -0.2) is 32.5 Å². The van der Waals surface area contributed by atoms with E-state index in [0.717, 1.165) is 50.6 Å². The Morgan fingerprint density at radius 1 is 0.897 bits per heavy atom. The second-order valence-electron chi connectivity index (χ2n) is 9.38. The molecular weight excluding hydrogens is 522 g/mol. The molecule has 1 atom stereocenters. The number of pyridine rings is 2. The van der Waals surface area contributed by atoms with Crippen molar-refractivity contribution in [2.24, 2.45) is 0 Å². The van der Waals surface area contributed by atoms with Crippen molar-refractivity contribution >= 4 is 22.4 Å². The highest BCUT2D eigenvalue weighted by molar-refractivity contribution is 5.93. The Kier molecular flexibility index (Phi) is 7.39. The molecule has 0 spiro atoms. The Morgan fingerprint density at radius 3 is 2.49 bits per heavy atom. The minimum absolute atomic E-state index is 0.126. The standard InChI is InChI=1S/C27H24F6N6/c28-26(29,30)20-6-4-12-35-24(20)16-7-9-19-21(13-16)38-23(14-17-5-2-1-3-11-34-17)39-25(19)37-18-8-10-22(36-15-18)27(31,32)33/h4,6-10,12-13,15,17,34H,1-3,5,11,14H2,(H,37,38,39). The van der Waals surface area contributed by atoms with Crippen LogP contribution in [0.2, 0.25) is 0 Å². The van der Waals surface area contributed by atoms with Crippen LogP contribution in [0.25, 0.3) is 22.2 Å². The van der Waals surface area contributed by atoms with E-state index in [-0.39, 0.29) is 23.0 Å². The molecule has 0 bridgehead atoms. The quantitative estimate of drug-likeness (QED) is 0.264. The average Bonchev–Trinajstić information content (AvgIpc) is 3.16. The molecule has 6 nitrogen and oxygen atoms in total. The monoisotopic (exact) mass is 546 g/mol. The van der Waals surface area contributed by atoms with Crippen LogP contribution in [0.4, 0.5) is 37.8 Å². The molecule has 204 valence electrons. The van der Waals surface area contributed by atoms with Crippen molar-refractivity contribution in [3.05, 3.63) is 71.9 Å². The summed E-state index contributed by atoms with van der Waals surface area (Å²) in [5, 5.41) is 6.98. The highest BCUT2D eigenvalue weighted by atomic mass is 19.4. The van der Waals surface area contributed by atoms with Crippen molar-refractivity contribution in [2.75, 3.05) is 11.9 Å². The summed E-state index contributed by atoms with van der Waals surface area (Å²) in [6.45, 7) is 0.866. The van der Waals surface area contributed by atoms with Gasteiger partial charge in [-0.25, -0.2) is 15.0 Å². The lowest BCUT2D eigenvalue weighted by atomic mass is 10.0. The van der Waals surface area contributed by atoms with Gasteiger partial charge in [0.25, 0.3) is 0 Å². The Labute approximate surface area is 219 Å². The molecule has 0 amide bonds. The van der Waals surface area contributed by atoms with E-state index in [9.17, 15) is 26.3 Å². The zero-order valence-electron chi connectivity index (χ0n) is 20.6. The van der Waals surface area contributed by atoms with E-state index in [0.29, 0.717) is 29.0 Å². The van der Waals surface area contributed by atoms with Gasteiger partial charge in [-0.3, -0.25) is 4.98 Å². The molecule has 4 heterocycles. The van der Waals surface area contributed by atoms with Crippen molar-refractivity contribution in [1.29, 1.82) is 0 Å². The third kappa shape index (κ3) is 6.27. The smallest absolute Gasteiger partial charge is 0.338 e. The van der Waals surface area contributed by atoms with Gasteiger partial charge in [-0.15, -0.1) is 0 Å². The molecule has 0 saturated carbocycles. The van der Waals surface area contributed by atoms with E-state index in [1.54, 1.807) is 6.07 Å². The zero-order chi connectivity index (χ0) is 27.6. The maximum Gasteiger partial charge on any atom is 0.433 e. The van der Waals surface area contributed by atoms with Gasteiger partial charge in [-0.1, -0.05) is 18.9 Å². The third-order valence-electron chi connectivity index (χ3n) is 6.54. The van der Waals surface area contributed by atoms with Crippen LogP contribution >= 0.6 is 0 Å². The molecule has 2 N–H and O–H groups in total. The Balaban J connectivity index is 1.56. The lowest BCUT2D eigenvalue weighted by Crippen LogP contribution is -2.31. The SMILES string of the molecule is FC(F)(F)c1ccc(Nc2nc(CC3CCCCCN3)nc3cc(-c4ncccc4C(F)(F)F)ccc23)cn1. The van der Waals surface area contributed by atoms with Gasteiger partial charge in [0.1, 0.15) is 17.3 Å². The molecule has 1 unspecified atom stereocenters. The summed E-state index contributed by atoms with van der Waals surface area (Å²) in [5.74, 6) is 0.771. The van der Waals surface area contributed by atoms with Crippen molar-refractivity contribution < 1.29 is 26.3 Å². The first-order chi connectivity index (χ1) is 18.6. The molecule has 1 aliphatic heterocycles. The zero-order valence-corrected chi connectivity index (χ0v) is 20.6. The fourth-order valence-corrected chi connectivity index (χ4v) is 4.64. The highest BCUT2D eigenvalue weighted by Crippen LogP contribution is 2.37. The van der Waals surface area contributed by atoms with E-state index >= 15 is 0 Å². The molecule has 0 radical (unpaired) electrons. The van der Waals surface area contributed by atoms with E-state index in [1.807, 2.05) is 0 Å². The minimum Gasteiger partial charge on any atom is -0.338 e. The van der Waals surface area contributed by atoms with E-state index < -0.39 is 23.6 Å². The Morgan fingerprint density at radius 2 is 1.74 bits per heavy atom. The van der Waals surface area contributed by atoms with Crippen molar-refractivity contribution in [3.8, 4) is 11.3 Å². The van der Waals surface area contributed by atoms with Gasteiger partial charge >= 0.3 is 12.4 Å². The number of aromatic nitrogens is 4. The van der Waals surface area contributed by atoms with Crippen molar-refractivity contribution in [2.45, 2.75) is 50.5 Å². The van der Waals surface area contributed by atoms with Gasteiger partial charge in [0.15, 0.2) is 0 Å². The van der Waals surface area contributed by atoms with Gasteiger partial charge < -0.3 is 10.6 Å². The molecule has 1 aliphatic rings.